The van der Waals surface area contributed by atoms with Crippen molar-refractivity contribution in [3.8, 4) is 0 Å². The van der Waals surface area contributed by atoms with Gasteiger partial charge in [-0.15, -0.1) is 0 Å². The summed E-state index contributed by atoms with van der Waals surface area (Å²) in [6.45, 7) is 4.34. The molecule has 2 nitrogen and oxygen atoms in total. The maximum Gasteiger partial charge on any atom is 0.228 e. The lowest BCUT2D eigenvalue weighted by molar-refractivity contribution is -0.131. The SMILES string of the molecule is CCCCCCCCCCCCCCCCC1(C(=O)N2CC2)CC1. The van der Waals surface area contributed by atoms with Gasteiger partial charge in [-0.05, 0) is 19.3 Å². The number of hydrogen-bond acceptors (Lipinski definition) is 1. The monoisotopic (exact) mass is 335 g/mol. The molecule has 0 N–H and O–H groups in total. The zero-order chi connectivity index (χ0) is 17.1. The molecular weight excluding hydrogens is 294 g/mol. The Kier molecular flexibility index (Phi) is 9.20. The molecule has 0 atom stereocenters. The molecule has 2 rings (SSSR count). The molecule has 1 heterocycles. The van der Waals surface area contributed by atoms with Gasteiger partial charge in [-0.2, -0.15) is 0 Å². The molecule has 0 aromatic heterocycles. The summed E-state index contributed by atoms with van der Waals surface area (Å²) >= 11 is 0. The fourth-order valence-corrected chi connectivity index (χ4v) is 3.97. The quantitative estimate of drug-likeness (QED) is 0.233. The maximum atomic E-state index is 12.2. The van der Waals surface area contributed by atoms with E-state index in [0.29, 0.717) is 5.91 Å². The summed E-state index contributed by atoms with van der Waals surface area (Å²) in [6.07, 6.45) is 23.3. The van der Waals surface area contributed by atoms with Crippen molar-refractivity contribution in [1.29, 1.82) is 0 Å². The van der Waals surface area contributed by atoms with Gasteiger partial charge in [0.05, 0.1) is 0 Å². The van der Waals surface area contributed by atoms with Crippen LogP contribution < -0.4 is 0 Å². The van der Waals surface area contributed by atoms with Gasteiger partial charge in [-0.25, -0.2) is 0 Å². The van der Waals surface area contributed by atoms with E-state index in [1.54, 1.807) is 0 Å². The Bertz CT molecular complexity index is 344. The first kappa shape index (κ1) is 19.8. The van der Waals surface area contributed by atoms with Gasteiger partial charge in [0.15, 0.2) is 0 Å². The molecule has 1 amide bonds. The van der Waals surface area contributed by atoms with Crippen molar-refractivity contribution in [1.82, 2.24) is 4.90 Å². The maximum absolute atomic E-state index is 12.2. The largest absolute Gasteiger partial charge is 0.339 e. The number of unbranched alkanes of at least 4 members (excludes halogenated alkanes) is 13. The van der Waals surface area contributed by atoms with E-state index in [2.05, 4.69) is 6.92 Å². The molecule has 0 radical (unpaired) electrons. The lowest BCUT2D eigenvalue weighted by Gasteiger charge is -2.14. The van der Waals surface area contributed by atoms with Gasteiger partial charge in [0, 0.05) is 18.5 Å². The van der Waals surface area contributed by atoms with Crippen molar-refractivity contribution in [2.24, 2.45) is 5.41 Å². The highest BCUT2D eigenvalue weighted by Gasteiger charge is 2.52. The highest BCUT2D eigenvalue weighted by molar-refractivity contribution is 5.86. The van der Waals surface area contributed by atoms with E-state index in [4.69, 9.17) is 0 Å². The Hall–Kier alpha value is -0.530. The van der Waals surface area contributed by atoms with E-state index in [1.165, 1.54) is 109 Å². The lowest BCUT2D eigenvalue weighted by atomic mass is 9.96. The fourth-order valence-electron chi connectivity index (χ4n) is 3.97. The summed E-state index contributed by atoms with van der Waals surface area (Å²) in [5.41, 5.74) is 0.119. The Morgan fingerprint density at radius 3 is 1.50 bits per heavy atom. The molecule has 0 unspecified atom stereocenters. The van der Waals surface area contributed by atoms with Crippen LogP contribution in [0, 0.1) is 5.41 Å². The molecule has 140 valence electrons. The number of carbonyl (C=O) groups is 1. The second-order valence-corrected chi connectivity index (χ2v) is 8.42. The minimum Gasteiger partial charge on any atom is -0.339 e. The van der Waals surface area contributed by atoms with E-state index >= 15 is 0 Å². The predicted molar refractivity (Wildman–Crippen MR) is 103 cm³/mol. The Morgan fingerprint density at radius 1 is 0.708 bits per heavy atom. The van der Waals surface area contributed by atoms with Gasteiger partial charge in [0.25, 0.3) is 0 Å². The van der Waals surface area contributed by atoms with Crippen LogP contribution >= 0.6 is 0 Å². The normalized spacial score (nSPS) is 18.0. The van der Waals surface area contributed by atoms with Crippen LogP contribution in [-0.2, 0) is 4.79 Å². The minimum atomic E-state index is 0.119. The average molecular weight is 336 g/mol. The molecule has 1 aliphatic heterocycles. The second kappa shape index (κ2) is 11.2. The van der Waals surface area contributed by atoms with Crippen LogP contribution in [0.1, 0.15) is 116 Å². The van der Waals surface area contributed by atoms with Crippen molar-refractivity contribution in [3.63, 3.8) is 0 Å². The zero-order valence-corrected chi connectivity index (χ0v) is 16.3. The number of hydrogen-bond donors (Lipinski definition) is 0. The molecule has 0 bridgehead atoms. The Morgan fingerprint density at radius 2 is 1.12 bits per heavy atom. The summed E-state index contributed by atoms with van der Waals surface area (Å²) in [7, 11) is 0. The first-order valence-electron chi connectivity index (χ1n) is 11.1. The number of carbonyl (C=O) groups excluding carboxylic acids is 1. The molecule has 0 spiro atoms. The predicted octanol–water partition coefficient (Wildman–Crippen LogP) is 6.48. The van der Waals surface area contributed by atoms with Crippen LogP contribution in [0.3, 0.4) is 0 Å². The fraction of sp³-hybridized carbons (Fsp3) is 0.955. The van der Waals surface area contributed by atoms with Crippen LogP contribution in [0.15, 0.2) is 0 Å². The molecule has 1 aliphatic carbocycles. The first-order valence-corrected chi connectivity index (χ1v) is 11.1. The van der Waals surface area contributed by atoms with Gasteiger partial charge in [0.1, 0.15) is 0 Å². The van der Waals surface area contributed by atoms with E-state index in [9.17, 15) is 4.79 Å². The molecule has 2 fully saturated rings. The second-order valence-electron chi connectivity index (χ2n) is 8.42. The topological polar surface area (TPSA) is 20.1 Å². The van der Waals surface area contributed by atoms with Crippen LogP contribution in [0.5, 0.6) is 0 Å². The molecule has 0 aromatic rings. The molecular formula is C22H41NO. The Labute approximate surface area is 150 Å². The van der Waals surface area contributed by atoms with Crippen LogP contribution in [-0.4, -0.2) is 23.9 Å². The molecule has 0 aromatic carbocycles. The highest BCUT2D eigenvalue weighted by atomic mass is 16.2. The van der Waals surface area contributed by atoms with Crippen LogP contribution in [0.25, 0.3) is 0 Å². The third-order valence-electron chi connectivity index (χ3n) is 6.05. The third-order valence-corrected chi connectivity index (χ3v) is 6.05. The van der Waals surface area contributed by atoms with Gasteiger partial charge in [0.2, 0.25) is 5.91 Å². The van der Waals surface area contributed by atoms with Crippen LogP contribution in [0.2, 0.25) is 0 Å². The van der Waals surface area contributed by atoms with E-state index in [-0.39, 0.29) is 5.41 Å². The van der Waals surface area contributed by atoms with Crippen molar-refractivity contribution < 1.29 is 4.79 Å². The summed E-state index contributed by atoms with van der Waals surface area (Å²) in [4.78, 5) is 14.2. The van der Waals surface area contributed by atoms with Gasteiger partial charge in [-0.1, -0.05) is 96.8 Å². The summed E-state index contributed by atoms with van der Waals surface area (Å²) < 4.78 is 0. The molecule has 1 saturated carbocycles. The summed E-state index contributed by atoms with van der Waals surface area (Å²) in [5.74, 6) is 0.484. The van der Waals surface area contributed by atoms with E-state index in [0.717, 1.165) is 13.1 Å². The van der Waals surface area contributed by atoms with Gasteiger partial charge < -0.3 is 4.90 Å². The van der Waals surface area contributed by atoms with E-state index in [1.807, 2.05) is 4.90 Å². The first-order chi connectivity index (χ1) is 11.8. The average Bonchev–Trinajstić information content (AvgIpc) is 3.48. The van der Waals surface area contributed by atoms with Crippen molar-refractivity contribution in [2.45, 2.75) is 116 Å². The lowest BCUT2D eigenvalue weighted by Crippen LogP contribution is -2.23. The highest BCUT2D eigenvalue weighted by Crippen LogP contribution is 2.52. The van der Waals surface area contributed by atoms with Crippen molar-refractivity contribution in [3.05, 3.63) is 0 Å². The van der Waals surface area contributed by atoms with Crippen LogP contribution in [0.4, 0.5) is 0 Å². The smallest absolute Gasteiger partial charge is 0.228 e. The standard InChI is InChI=1S/C22H41NO/c1-2-3-4-5-6-7-8-9-10-11-12-13-14-15-16-22(17-18-22)21(24)23-19-20-23/h2-20H2,1H3. The van der Waals surface area contributed by atoms with Crippen molar-refractivity contribution >= 4 is 5.91 Å². The van der Waals surface area contributed by atoms with E-state index < -0.39 is 0 Å². The van der Waals surface area contributed by atoms with Gasteiger partial charge in [-0.3, -0.25) is 4.79 Å². The minimum absolute atomic E-state index is 0.119. The summed E-state index contributed by atoms with van der Waals surface area (Å²) in [6, 6.07) is 0. The molecule has 2 heteroatoms. The Balaban J connectivity index is 1.30. The van der Waals surface area contributed by atoms with Crippen molar-refractivity contribution in [2.75, 3.05) is 13.1 Å². The molecule has 1 saturated heterocycles. The number of rotatable bonds is 16. The molecule has 24 heavy (non-hydrogen) atoms. The van der Waals surface area contributed by atoms with Gasteiger partial charge >= 0.3 is 0 Å². The third kappa shape index (κ3) is 7.57. The molecule has 2 aliphatic rings. The summed E-state index contributed by atoms with van der Waals surface area (Å²) in [5, 5.41) is 0. The zero-order valence-electron chi connectivity index (χ0n) is 16.3. The number of amides is 1. The number of nitrogens with zero attached hydrogens (tertiary/aromatic N) is 1.